The number of halogens is 1. The molecule has 0 heterocycles. The molecule has 7 heteroatoms. The maximum atomic E-state index is 12.7. The van der Waals surface area contributed by atoms with Crippen LogP contribution in [0.3, 0.4) is 0 Å². The average Bonchev–Trinajstić information content (AvgIpc) is 2.75. The molecule has 0 aliphatic carbocycles. The lowest BCUT2D eigenvalue weighted by Gasteiger charge is -2.13. The van der Waals surface area contributed by atoms with Crippen LogP contribution in [0.25, 0.3) is 0 Å². The van der Waals surface area contributed by atoms with Crippen molar-refractivity contribution in [3.63, 3.8) is 0 Å². The Bertz CT molecular complexity index is 1100. The molecule has 154 valence electrons. The average molecular weight is 469 g/mol. The van der Waals surface area contributed by atoms with Crippen molar-refractivity contribution < 1.29 is 19.1 Å². The van der Waals surface area contributed by atoms with E-state index in [2.05, 4.69) is 26.6 Å². The summed E-state index contributed by atoms with van der Waals surface area (Å²) in [5.41, 5.74) is 3.01. The number of carbonyl (C=O) groups excluding carboxylic acids is 2. The molecule has 0 atom stereocenters. The summed E-state index contributed by atoms with van der Waals surface area (Å²) in [5.74, 6) is 0.477. The Labute approximate surface area is 183 Å². The fraction of sp³-hybridized carbons (Fsp3) is 0.130. The van der Waals surface area contributed by atoms with E-state index in [-0.39, 0.29) is 11.8 Å². The van der Waals surface area contributed by atoms with Crippen LogP contribution < -0.4 is 20.1 Å². The molecule has 2 N–H and O–H groups in total. The molecule has 0 unspecified atom stereocenters. The lowest BCUT2D eigenvalue weighted by atomic mass is 10.1. The number of aryl methyl sites for hydroxylation is 1. The Morgan fingerprint density at radius 1 is 0.800 bits per heavy atom. The van der Waals surface area contributed by atoms with Crippen LogP contribution >= 0.6 is 15.9 Å². The van der Waals surface area contributed by atoms with Gasteiger partial charge in [-0.05, 0) is 61.0 Å². The van der Waals surface area contributed by atoms with Gasteiger partial charge >= 0.3 is 0 Å². The van der Waals surface area contributed by atoms with Crippen LogP contribution in [-0.2, 0) is 0 Å². The Hall–Kier alpha value is -3.32. The number of ether oxygens (including phenoxy) is 2. The van der Waals surface area contributed by atoms with Crippen LogP contribution in [0.5, 0.6) is 11.5 Å². The first kappa shape index (κ1) is 21.4. The minimum atomic E-state index is -0.302. The van der Waals surface area contributed by atoms with Gasteiger partial charge in [0.1, 0.15) is 0 Å². The topological polar surface area (TPSA) is 76.7 Å². The molecular formula is C23H21BrN2O4. The zero-order valence-electron chi connectivity index (χ0n) is 16.8. The second-order valence-corrected chi connectivity index (χ2v) is 7.43. The Kier molecular flexibility index (Phi) is 6.74. The maximum Gasteiger partial charge on any atom is 0.255 e. The fourth-order valence-corrected chi connectivity index (χ4v) is 3.24. The van der Waals surface area contributed by atoms with Crippen LogP contribution in [0.15, 0.2) is 65.1 Å². The Balaban J connectivity index is 1.78. The van der Waals surface area contributed by atoms with Gasteiger partial charge in [-0.1, -0.05) is 28.1 Å². The predicted molar refractivity (Wildman–Crippen MR) is 121 cm³/mol. The number of anilines is 2. The van der Waals surface area contributed by atoms with Gasteiger partial charge < -0.3 is 20.1 Å². The van der Waals surface area contributed by atoms with E-state index in [1.807, 2.05) is 19.1 Å². The number of hydrogen-bond acceptors (Lipinski definition) is 4. The highest BCUT2D eigenvalue weighted by molar-refractivity contribution is 9.10. The minimum Gasteiger partial charge on any atom is -0.493 e. The number of rotatable bonds is 6. The van der Waals surface area contributed by atoms with E-state index in [0.29, 0.717) is 34.0 Å². The van der Waals surface area contributed by atoms with E-state index in [1.54, 1.807) is 48.5 Å². The second kappa shape index (κ2) is 9.45. The van der Waals surface area contributed by atoms with Crippen LogP contribution in [0.2, 0.25) is 0 Å². The number of nitrogens with one attached hydrogen (secondary N) is 2. The van der Waals surface area contributed by atoms with Crippen molar-refractivity contribution in [2.75, 3.05) is 24.9 Å². The van der Waals surface area contributed by atoms with Gasteiger partial charge in [-0.3, -0.25) is 9.59 Å². The quantitative estimate of drug-likeness (QED) is 0.515. The van der Waals surface area contributed by atoms with E-state index in [9.17, 15) is 9.59 Å². The first-order valence-corrected chi connectivity index (χ1v) is 9.91. The Morgan fingerprint density at radius 3 is 2.20 bits per heavy atom. The largest absolute Gasteiger partial charge is 0.493 e. The molecule has 30 heavy (non-hydrogen) atoms. The lowest BCUT2D eigenvalue weighted by Crippen LogP contribution is -2.15. The van der Waals surface area contributed by atoms with Crippen molar-refractivity contribution in [1.29, 1.82) is 0 Å². The van der Waals surface area contributed by atoms with Gasteiger partial charge in [-0.25, -0.2) is 0 Å². The van der Waals surface area contributed by atoms with Crippen molar-refractivity contribution in [3.8, 4) is 11.5 Å². The van der Waals surface area contributed by atoms with E-state index in [0.717, 1.165) is 10.0 Å². The van der Waals surface area contributed by atoms with Gasteiger partial charge in [0, 0.05) is 27.0 Å². The molecule has 3 aromatic carbocycles. The molecule has 0 bridgehead atoms. The van der Waals surface area contributed by atoms with Crippen LogP contribution in [0.1, 0.15) is 26.3 Å². The third-order valence-corrected chi connectivity index (χ3v) is 4.97. The highest BCUT2D eigenvalue weighted by atomic mass is 79.9. The number of hydrogen-bond donors (Lipinski definition) is 2. The molecule has 3 rings (SSSR count). The highest BCUT2D eigenvalue weighted by Crippen LogP contribution is 2.28. The van der Waals surface area contributed by atoms with Gasteiger partial charge in [0.15, 0.2) is 11.5 Å². The predicted octanol–water partition coefficient (Wildman–Crippen LogP) is 5.28. The summed E-state index contributed by atoms with van der Waals surface area (Å²) in [7, 11) is 3.05. The van der Waals surface area contributed by atoms with Crippen molar-refractivity contribution in [1.82, 2.24) is 0 Å². The summed E-state index contributed by atoms with van der Waals surface area (Å²) in [6.07, 6.45) is 0. The molecule has 0 aromatic heterocycles. The molecular weight excluding hydrogens is 448 g/mol. The summed E-state index contributed by atoms with van der Waals surface area (Å²) < 4.78 is 11.3. The molecule has 0 saturated heterocycles. The van der Waals surface area contributed by atoms with Crippen molar-refractivity contribution in [2.24, 2.45) is 0 Å². The van der Waals surface area contributed by atoms with Crippen molar-refractivity contribution in [3.05, 3.63) is 81.8 Å². The van der Waals surface area contributed by atoms with E-state index >= 15 is 0 Å². The summed E-state index contributed by atoms with van der Waals surface area (Å²) >= 11 is 3.37. The maximum absolute atomic E-state index is 12.7. The molecule has 0 spiro atoms. The van der Waals surface area contributed by atoms with Crippen molar-refractivity contribution in [2.45, 2.75) is 6.92 Å². The number of benzene rings is 3. The molecule has 2 amide bonds. The zero-order chi connectivity index (χ0) is 21.7. The van der Waals surface area contributed by atoms with Crippen LogP contribution in [0, 0.1) is 6.92 Å². The lowest BCUT2D eigenvalue weighted by molar-refractivity contribution is 0.101. The normalized spacial score (nSPS) is 10.3. The molecule has 3 aromatic rings. The van der Waals surface area contributed by atoms with Gasteiger partial charge in [-0.15, -0.1) is 0 Å². The van der Waals surface area contributed by atoms with E-state index in [4.69, 9.17) is 9.47 Å². The molecule has 0 aliphatic heterocycles. The standard InChI is InChI=1S/C23H21BrN2O4/c1-14-7-9-18(13-19(14)26-23(28)15-5-4-6-17(24)11-15)25-22(27)16-8-10-20(29-2)21(12-16)30-3/h4-13H,1-3H3,(H,25,27)(H,26,28). The summed E-state index contributed by atoms with van der Waals surface area (Å²) in [6, 6.07) is 17.4. The van der Waals surface area contributed by atoms with Crippen LogP contribution in [0.4, 0.5) is 11.4 Å². The second-order valence-electron chi connectivity index (χ2n) is 6.52. The molecule has 0 radical (unpaired) electrons. The van der Waals surface area contributed by atoms with Gasteiger partial charge in [0.05, 0.1) is 14.2 Å². The third-order valence-electron chi connectivity index (χ3n) is 4.48. The number of methoxy groups -OCH3 is 2. The first-order valence-electron chi connectivity index (χ1n) is 9.12. The SMILES string of the molecule is COc1ccc(C(=O)Nc2ccc(C)c(NC(=O)c3cccc(Br)c3)c2)cc1OC. The van der Waals surface area contributed by atoms with Gasteiger partial charge in [0.25, 0.3) is 11.8 Å². The van der Waals surface area contributed by atoms with Crippen LogP contribution in [-0.4, -0.2) is 26.0 Å². The highest BCUT2D eigenvalue weighted by Gasteiger charge is 2.13. The Morgan fingerprint density at radius 2 is 1.50 bits per heavy atom. The van der Waals surface area contributed by atoms with Gasteiger partial charge in [-0.2, -0.15) is 0 Å². The number of carbonyl (C=O) groups is 2. The fourth-order valence-electron chi connectivity index (χ4n) is 2.84. The molecule has 6 nitrogen and oxygen atoms in total. The number of amides is 2. The molecule has 0 saturated carbocycles. The first-order chi connectivity index (χ1) is 14.4. The molecule has 0 aliphatic rings. The van der Waals surface area contributed by atoms with Gasteiger partial charge in [0.2, 0.25) is 0 Å². The van der Waals surface area contributed by atoms with E-state index in [1.165, 1.54) is 14.2 Å². The monoisotopic (exact) mass is 468 g/mol. The minimum absolute atomic E-state index is 0.234. The third kappa shape index (κ3) is 4.99. The zero-order valence-corrected chi connectivity index (χ0v) is 18.4. The van der Waals surface area contributed by atoms with E-state index < -0.39 is 0 Å². The molecule has 0 fully saturated rings. The van der Waals surface area contributed by atoms with Crippen molar-refractivity contribution >= 4 is 39.1 Å². The summed E-state index contributed by atoms with van der Waals surface area (Å²) in [4.78, 5) is 25.2. The summed E-state index contributed by atoms with van der Waals surface area (Å²) in [6.45, 7) is 1.89. The summed E-state index contributed by atoms with van der Waals surface area (Å²) in [5, 5.41) is 5.74. The smallest absolute Gasteiger partial charge is 0.255 e.